The second kappa shape index (κ2) is 9.09. The number of hydrogen-bond donors (Lipinski definition) is 0. The van der Waals surface area contributed by atoms with Crippen LogP contribution in [0.15, 0.2) is 24.3 Å². The molecule has 0 aliphatic heterocycles. The number of halogens is 2. The van der Waals surface area contributed by atoms with Crippen LogP contribution in [-0.4, -0.2) is 0 Å². The van der Waals surface area contributed by atoms with Crippen molar-refractivity contribution in [3.63, 3.8) is 0 Å². The van der Waals surface area contributed by atoms with E-state index in [4.69, 9.17) is 6.42 Å². The Bertz CT molecular complexity index is 592. The van der Waals surface area contributed by atoms with Gasteiger partial charge in [0, 0.05) is 10.8 Å². The van der Waals surface area contributed by atoms with Crippen LogP contribution in [0.4, 0.5) is 8.78 Å². The Morgan fingerprint density at radius 2 is 1.50 bits per heavy atom. The number of terminal acetylenes is 1. The first kappa shape index (κ1) is 18.1. The molecule has 0 nitrogen and oxygen atoms in total. The molecule has 0 radical (unpaired) electrons. The quantitative estimate of drug-likeness (QED) is 0.585. The molecule has 0 bridgehead atoms. The molecular formula is C18H22F2. The summed E-state index contributed by atoms with van der Waals surface area (Å²) in [6, 6.07) is 5.68. The van der Waals surface area contributed by atoms with Gasteiger partial charge < -0.3 is 0 Å². The second-order valence-corrected chi connectivity index (χ2v) is 3.55. The van der Waals surface area contributed by atoms with Crippen LogP contribution in [0.2, 0.25) is 0 Å². The smallest absolute Gasteiger partial charge is 0.139 e. The standard InChI is InChI=1S/C14H10F2.2C2H6/c1-3-9-5-7-13(16)11-6-8-12(15)10(4-2)14(9)11;2*1-2/h2,5-8H,3H2,1H3;2*1-2H3. The zero-order valence-corrected chi connectivity index (χ0v) is 12.8. The second-order valence-electron chi connectivity index (χ2n) is 3.55. The summed E-state index contributed by atoms with van der Waals surface area (Å²) in [5.41, 5.74) is 1.01. The van der Waals surface area contributed by atoms with Crippen LogP contribution in [0.25, 0.3) is 10.8 Å². The number of hydrogen-bond acceptors (Lipinski definition) is 0. The van der Waals surface area contributed by atoms with Crippen molar-refractivity contribution in [2.75, 3.05) is 0 Å². The maximum absolute atomic E-state index is 13.6. The first-order valence-corrected chi connectivity index (χ1v) is 7.05. The van der Waals surface area contributed by atoms with Gasteiger partial charge in [0.25, 0.3) is 0 Å². The molecule has 0 saturated carbocycles. The summed E-state index contributed by atoms with van der Waals surface area (Å²) in [5, 5.41) is 0.902. The van der Waals surface area contributed by atoms with Crippen LogP contribution in [-0.2, 0) is 6.42 Å². The monoisotopic (exact) mass is 276 g/mol. The third-order valence-electron chi connectivity index (χ3n) is 2.69. The third-order valence-corrected chi connectivity index (χ3v) is 2.69. The van der Waals surface area contributed by atoms with Crippen LogP contribution in [0.5, 0.6) is 0 Å². The van der Waals surface area contributed by atoms with Crippen LogP contribution in [0.1, 0.15) is 45.7 Å². The highest BCUT2D eigenvalue weighted by Crippen LogP contribution is 2.27. The van der Waals surface area contributed by atoms with Crippen molar-refractivity contribution in [3.05, 3.63) is 47.0 Å². The van der Waals surface area contributed by atoms with Crippen LogP contribution < -0.4 is 0 Å². The molecule has 2 rings (SSSR count). The minimum atomic E-state index is -0.477. The highest BCUT2D eigenvalue weighted by molar-refractivity contribution is 5.91. The summed E-state index contributed by atoms with van der Waals surface area (Å²) >= 11 is 0. The minimum absolute atomic E-state index is 0.147. The average Bonchev–Trinajstić information content (AvgIpc) is 2.51. The van der Waals surface area contributed by atoms with E-state index in [2.05, 4.69) is 5.92 Å². The normalized spacial score (nSPS) is 8.90. The molecule has 0 aromatic heterocycles. The molecule has 0 aliphatic rings. The molecule has 2 aromatic carbocycles. The zero-order valence-electron chi connectivity index (χ0n) is 12.8. The fraction of sp³-hybridized carbons (Fsp3) is 0.333. The van der Waals surface area contributed by atoms with Gasteiger partial charge in [0.05, 0.1) is 5.56 Å². The maximum Gasteiger partial charge on any atom is 0.139 e. The van der Waals surface area contributed by atoms with Crippen molar-refractivity contribution in [3.8, 4) is 12.3 Å². The van der Waals surface area contributed by atoms with Crippen molar-refractivity contribution >= 4 is 10.8 Å². The Hall–Kier alpha value is -1.88. The summed E-state index contributed by atoms with van der Waals surface area (Å²) in [7, 11) is 0. The van der Waals surface area contributed by atoms with E-state index in [1.807, 2.05) is 34.6 Å². The van der Waals surface area contributed by atoms with E-state index in [-0.39, 0.29) is 11.4 Å². The molecule has 0 saturated heterocycles. The number of aryl methyl sites for hydroxylation is 1. The molecule has 0 atom stereocenters. The van der Waals surface area contributed by atoms with Gasteiger partial charge in [-0.15, -0.1) is 6.42 Å². The molecule has 20 heavy (non-hydrogen) atoms. The van der Waals surface area contributed by atoms with E-state index in [9.17, 15) is 8.78 Å². The predicted octanol–water partition coefficient (Wildman–Crippen LogP) is 5.71. The molecule has 2 heteroatoms. The fourth-order valence-electron chi connectivity index (χ4n) is 1.89. The highest BCUT2D eigenvalue weighted by Gasteiger charge is 2.11. The van der Waals surface area contributed by atoms with Gasteiger partial charge in [-0.2, -0.15) is 0 Å². The van der Waals surface area contributed by atoms with Gasteiger partial charge in [-0.05, 0) is 30.2 Å². The summed E-state index contributed by atoms with van der Waals surface area (Å²) in [6.07, 6.45) is 5.97. The largest absolute Gasteiger partial charge is 0.206 e. The van der Waals surface area contributed by atoms with E-state index in [1.54, 1.807) is 6.07 Å². The van der Waals surface area contributed by atoms with Crippen LogP contribution in [0.3, 0.4) is 0 Å². The third kappa shape index (κ3) is 3.57. The molecule has 0 unspecified atom stereocenters. The lowest BCUT2D eigenvalue weighted by Gasteiger charge is -2.08. The van der Waals surface area contributed by atoms with Crippen molar-refractivity contribution in [2.45, 2.75) is 41.0 Å². The van der Waals surface area contributed by atoms with Gasteiger partial charge in [0.2, 0.25) is 0 Å². The topological polar surface area (TPSA) is 0 Å². The molecule has 0 spiro atoms. The molecular weight excluding hydrogens is 254 g/mol. The fourth-order valence-corrected chi connectivity index (χ4v) is 1.89. The van der Waals surface area contributed by atoms with Crippen molar-refractivity contribution in [2.24, 2.45) is 0 Å². The van der Waals surface area contributed by atoms with Gasteiger partial charge in [-0.1, -0.05) is 46.6 Å². The Morgan fingerprint density at radius 1 is 0.950 bits per heavy atom. The number of benzene rings is 2. The average molecular weight is 276 g/mol. The van der Waals surface area contributed by atoms with E-state index in [0.717, 1.165) is 5.56 Å². The molecule has 0 N–H and O–H groups in total. The van der Waals surface area contributed by atoms with Gasteiger partial charge in [0.1, 0.15) is 11.6 Å². The van der Waals surface area contributed by atoms with Gasteiger partial charge in [-0.25, -0.2) is 8.78 Å². The Kier molecular flexibility index (Phi) is 8.24. The summed E-state index contributed by atoms with van der Waals surface area (Å²) in [6.45, 7) is 9.93. The Balaban J connectivity index is 0.000000829. The van der Waals surface area contributed by atoms with Crippen LogP contribution >= 0.6 is 0 Å². The molecule has 0 amide bonds. The van der Waals surface area contributed by atoms with E-state index in [0.29, 0.717) is 17.2 Å². The summed E-state index contributed by atoms with van der Waals surface area (Å²) in [5.74, 6) is 1.45. The van der Waals surface area contributed by atoms with Crippen molar-refractivity contribution < 1.29 is 8.78 Å². The van der Waals surface area contributed by atoms with Crippen molar-refractivity contribution in [1.82, 2.24) is 0 Å². The molecule has 0 aliphatic carbocycles. The molecule has 108 valence electrons. The number of rotatable bonds is 1. The van der Waals surface area contributed by atoms with Gasteiger partial charge >= 0.3 is 0 Å². The number of fused-ring (bicyclic) bond motifs is 1. The maximum atomic E-state index is 13.6. The molecule has 0 fully saturated rings. The van der Waals surface area contributed by atoms with Crippen molar-refractivity contribution in [1.29, 1.82) is 0 Å². The minimum Gasteiger partial charge on any atom is -0.206 e. The SMILES string of the molecule is C#Cc1c(F)ccc2c(F)ccc(CC)c12.CC.CC. The lowest BCUT2D eigenvalue weighted by atomic mass is 9.97. The Labute approximate surface area is 120 Å². The summed E-state index contributed by atoms with van der Waals surface area (Å²) in [4.78, 5) is 0. The van der Waals surface area contributed by atoms with E-state index < -0.39 is 5.82 Å². The molecule has 2 aromatic rings. The van der Waals surface area contributed by atoms with Crippen LogP contribution in [0, 0.1) is 24.0 Å². The summed E-state index contributed by atoms with van der Waals surface area (Å²) < 4.78 is 27.1. The zero-order chi connectivity index (χ0) is 15.7. The predicted molar refractivity (Wildman–Crippen MR) is 83.9 cm³/mol. The van der Waals surface area contributed by atoms with Gasteiger partial charge in [0.15, 0.2) is 0 Å². The lowest BCUT2D eigenvalue weighted by molar-refractivity contribution is 0.623. The van der Waals surface area contributed by atoms with E-state index >= 15 is 0 Å². The molecule has 0 heterocycles. The lowest BCUT2D eigenvalue weighted by Crippen LogP contribution is -1.93. The van der Waals surface area contributed by atoms with E-state index in [1.165, 1.54) is 18.2 Å². The first-order valence-electron chi connectivity index (χ1n) is 7.05. The van der Waals surface area contributed by atoms with Gasteiger partial charge in [-0.3, -0.25) is 0 Å². The Morgan fingerprint density at radius 3 is 2.00 bits per heavy atom. The highest BCUT2D eigenvalue weighted by atomic mass is 19.1. The first-order chi connectivity index (χ1) is 9.69.